The predicted octanol–water partition coefficient (Wildman–Crippen LogP) is 1.77. The smallest absolute Gasteiger partial charge is 0.130 e. The van der Waals surface area contributed by atoms with Crippen molar-refractivity contribution in [2.75, 3.05) is 18.1 Å². The van der Waals surface area contributed by atoms with E-state index in [4.69, 9.17) is 0 Å². The zero-order chi connectivity index (χ0) is 11.1. The van der Waals surface area contributed by atoms with Gasteiger partial charge in [-0.05, 0) is 19.1 Å². The summed E-state index contributed by atoms with van der Waals surface area (Å²) in [6.07, 6.45) is 4.84. The molecule has 1 unspecified atom stereocenters. The van der Waals surface area contributed by atoms with Gasteiger partial charge in [0.25, 0.3) is 0 Å². The topological polar surface area (TPSA) is 58.0 Å². The van der Waals surface area contributed by atoms with Crippen LogP contribution < -0.4 is 5.32 Å². The lowest BCUT2D eigenvalue weighted by molar-refractivity contribution is 0.164. The summed E-state index contributed by atoms with van der Waals surface area (Å²) in [5.41, 5.74) is 0. The van der Waals surface area contributed by atoms with E-state index >= 15 is 0 Å². The Bertz CT molecular complexity index is 296. The molecule has 0 fully saturated rings. The molecule has 0 radical (unpaired) electrons. The highest BCUT2D eigenvalue weighted by molar-refractivity contribution is 7.98. The van der Waals surface area contributed by atoms with Gasteiger partial charge < -0.3 is 10.4 Å². The number of hydrogen-bond donors (Lipinski definition) is 2. The highest BCUT2D eigenvalue weighted by Gasteiger charge is 2.01. The summed E-state index contributed by atoms with van der Waals surface area (Å²) in [5.74, 6) is 0.817. The zero-order valence-electron chi connectivity index (χ0n) is 9.10. The summed E-state index contributed by atoms with van der Waals surface area (Å²) >= 11 is 1.59. The van der Waals surface area contributed by atoms with E-state index < -0.39 is 0 Å². The number of hydrogen-bond acceptors (Lipinski definition) is 5. The Balaban J connectivity index is 2.37. The summed E-state index contributed by atoms with van der Waals surface area (Å²) in [5, 5.41) is 13.5. The Hall–Kier alpha value is -0.810. The molecule has 5 heteroatoms. The van der Waals surface area contributed by atoms with Gasteiger partial charge in [-0.2, -0.15) is 0 Å². The van der Waals surface area contributed by atoms with Crippen LogP contribution in [0, 0.1) is 0 Å². The van der Waals surface area contributed by atoms with Gasteiger partial charge in [0, 0.05) is 12.6 Å². The Kier molecular flexibility index (Phi) is 5.42. The second-order valence-corrected chi connectivity index (χ2v) is 4.05. The van der Waals surface area contributed by atoms with Crippen molar-refractivity contribution < 1.29 is 5.11 Å². The lowest BCUT2D eigenvalue weighted by Crippen LogP contribution is -2.12. The molecule has 2 N–H and O–H groups in total. The third-order valence-electron chi connectivity index (χ3n) is 2.11. The summed E-state index contributed by atoms with van der Waals surface area (Å²) < 4.78 is 0. The van der Waals surface area contributed by atoms with Crippen molar-refractivity contribution in [3.63, 3.8) is 0 Å². The third-order valence-corrected chi connectivity index (χ3v) is 2.75. The maximum Gasteiger partial charge on any atom is 0.130 e. The van der Waals surface area contributed by atoms with E-state index in [1.54, 1.807) is 18.1 Å². The normalized spacial score (nSPS) is 12.5. The maximum absolute atomic E-state index is 9.36. The van der Waals surface area contributed by atoms with Gasteiger partial charge in [0.1, 0.15) is 17.2 Å². The molecule has 0 spiro atoms. The van der Waals surface area contributed by atoms with Gasteiger partial charge in [-0.3, -0.25) is 0 Å². The highest BCUT2D eigenvalue weighted by atomic mass is 32.2. The van der Waals surface area contributed by atoms with Crippen LogP contribution in [0.25, 0.3) is 0 Å². The Labute approximate surface area is 94.5 Å². The molecule has 0 amide bonds. The van der Waals surface area contributed by atoms with E-state index in [9.17, 15) is 5.11 Å². The number of aliphatic hydroxyl groups excluding tert-OH is 1. The van der Waals surface area contributed by atoms with Crippen LogP contribution in [0.4, 0.5) is 5.82 Å². The molecule has 15 heavy (non-hydrogen) atoms. The van der Waals surface area contributed by atoms with Crippen molar-refractivity contribution in [2.24, 2.45) is 0 Å². The predicted molar refractivity (Wildman–Crippen MR) is 63.2 cm³/mol. The minimum absolute atomic E-state index is 0.223. The molecule has 4 nitrogen and oxygen atoms in total. The number of rotatable bonds is 6. The monoisotopic (exact) mass is 227 g/mol. The van der Waals surface area contributed by atoms with Gasteiger partial charge in [0.05, 0.1) is 6.10 Å². The molecule has 0 saturated carbocycles. The molecule has 0 aliphatic carbocycles. The van der Waals surface area contributed by atoms with E-state index in [1.807, 2.05) is 19.2 Å². The van der Waals surface area contributed by atoms with E-state index in [-0.39, 0.29) is 6.10 Å². The average Bonchev–Trinajstić information content (AvgIpc) is 2.29. The Morgan fingerprint density at radius 2 is 2.33 bits per heavy atom. The highest BCUT2D eigenvalue weighted by Crippen LogP contribution is 2.13. The minimum Gasteiger partial charge on any atom is -0.393 e. The van der Waals surface area contributed by atoms with Crippen LogP contribution in [0.3, 0.4) is 0 Å². The Morgan fingerprint density at radius 1 is 1.53 bits per heavy atom. The lowest BCUT2D eigenvalue weighted by atomic mass is 10.2. The van der Waals surface area contributed by atoms with Gasteiger partial charge in [-0.1, -0.05) is 6.92 Å². The van der Waals surface area contributed by atoms with Crippen molar-refractivity contribution in [1.29, 1.82) is 0 Å². The van der Waals surface area contributed by atoms with Crippen LogP contribution in [-0.2, 0) is 0 Å². The number of nitrogens with one attached hydrogen (secondary N) is 1. The molecule has 0 aromatic carbocycles. The van der Waals surface area contributed by atoms with Crippen molar-refractivity contribution in [1.82, 2.24) is 9.97 Å². The standard InChI is InChI=1S/C10H17N3OS/c1-3-8(14)4-5-11-9-6-10(15-2)13-7-12-9/h6-8,14H,3-5H2,1-2H3,(H,11,12,13). The average molecular weight is 227 g/mol. The van der Waals surface area contributed by atoms with Crippen LogP contribution in [0.1, 0.15) is 19.8 Å². The van der Waals surface area contributed by atoms with E-state index in [0.29, 0.717) is 0 Å². The first-order chi connectivity index (χ1) is 7.26. The quantitative estimate of drug-likeness (QED) is 0.573. The molecule has 84 valence electrons. The zero-order valence-corrected chi connectivity index (χ0v) is 9.92. The molecule has 0 bridgehead atoms. The molecule has 1 heterocycles. The fraction of sp³-hybridized carbons (Fsp3) is 0.600. The summed E-state index contributed by atoms with van der Waals surface area (Å²) in [7, 11) is 0. The first-order valence-electron chi connectivity index (χ1n) is 5.04. The van der Waals surface area contributed by atoms with Gasteiger partial charge >= 0.3 is 0 Å². The van der Waals surface area contributed by atoms with Gasteiger partial charge in [0.2, 0.25) is 0 Å². The number of aliphatic hydroxyl groups is 1. The summed E-state index contributed by atoms with van der Waals surface area (Å²) in [6, 6.07) is 1.91. The summed E-state index contributed by atoms with van der Waals surface area (Å²) in [4.78, 5) is 8.17. The van der Waals surface area contributed by atoms with Gasteiger partial charge in [-0.25, -0.2) is 9.97 Å². The molecule has 1 atom stereocenters. The van der Waals surface area contributed by atoms with E-state index in [2.05, 4.69) is 15.3 Å². The molecular weight excluding hydrogens is 210 g/mol. The van der Waals surface area contributed by atoms with E-state index in [0.717, 1.165) is 30.2 Å². The Morgan fingerprint density at radius 3 is 3.00 bits per heavy atom. The van der Waals surface area contributed by atoms with Gasteiger partial charge in [0.15, 0.2) is 0 Å². The minimum atomic E-state index is -0.223. The van der Waals surface area contributed by atoms with Crippen LogP contribution >= 0.6 is 11.8 Å². The van der Waals surface area contributed by atoms with E-state index in [1.165, 1.54) is 0 Å². The van der Waals surface area contributed by atoms with Crippen LogP contribution in [0.15, 0.2) is 17.4 Å². The van der Waals surface area contributed by atoms with Gasteiger partial charge in [-0.15, -0.1) is 11.8 Å². The van der Waals surface area contributed by atoms with Crippen LogP contribution in [0.2, 0.25) is 0 Å². The molecular formula is C10H17N3OS. The van der Waals surface area contributed by atoms with Crippen molar-refractivity contribution in [3.05, 3.63) is 12.4 Å². The number of nitrogens with zero attached hydrogens (tertiary/aromatic N) is 2. The second-order valence-electron chi connectivity index (χ2n) is 3.22. The van der Waals surface area contributed by atoms with Crippen molar-refractivity contribution in [3.8, 4) is 0 Å². The number of anilines is 1. The molecule has 1 rings (SSSR count). The fourth-order valence-electron chi connectivity index (χ4n) is 1.12. The number of thioether (sulfide) groups is 1. The SMILES string of the molecule is CCC(O)CCNc1cc(SC)ncn1. The summed E-state index contributed by atoms with van der Waals surface area (Å²) in [6.45, 7) is 2.71. The fourth-order valence-corrected chi connectivity index (χ4v) is 1.50. The molecule has 0 aliphatic rings. The molecule has 1 aromatic heterocycles. The molecule has 0 saturated heterocycles. The lowest BCUT2D eigenvalue weighted by Gasteiger charge is -2.09. The molecule has 0 aliphatic heterocycles. The third kappa shape index (κ3) is 4.48. The number of aromatic nitrogens is 2. The second kappa shape index (κ2) is 6.63. The van der Waals surface area contributed by atoms with Crippen LogP contribution in [-0.4, -0.2) is 34.0 Å². The largest absolute Gasteiger partial charge is 0.393 e. The first-order valence-corrected chi connectivity index (χ1v) is 6.26. The first kappa shape index (κ1) is 12.3. The molecule has 1 aromatic rings. The van der Waals surface area contributed by atoms with Crippen LogP contribution in [0.5, 0.6) is 0 Å². The van der Waals surface area contributed by atoms with Crippen molar-refractivity contribution in [2.45, 2.75) is 30.9 Å². The maximum atomic E-state index is 9.36. The van der Waals surface area contributed by atoms with Crippen molar-refractivity contribution >= 4 is 17.6 Å².